The van der Waals surface area contributed by atoms with Crippen molar-refractivity contribution in [2.24, 2.45) is 0 Å². The zero-order valence-corrected chi connectivity index (χ0v) is 11.8. The molecule has 0 aromatic heterocycles. The van der Waals surface area contributed by atoms with Crippen LogP contribution < -0.4 is 0 Å². The number of carbonyl (C=O) groups is 1. The van der Waals surface area contributed by atoms with Gasteiger partial charge in [-0.15, -0.1) is 0 Å². The molecule has 0 bridgehead atoms. The Balaban J connectivity index is 2.58. The molecule has 104 valence electrons. The SMILES string of the molecule is CC(C)(C)c1cccc(-c2cccc(C(=O)O)c2O)c1. The Morgan fingerprint density at radius 2 is 1.70 bits per heavy atom. The van der Waals surface area contributed by atoms with E-state index >= 15 is 0 Å². The summed E-state index contributed by atoms with van der Waals surface area (Å²) in [7, 11) is 0. The lowest BCUT2D eigenvalue weighted by molar-refractivity contribution is 0.0694. The molecule has 0 fully saturated rings. The van der Waals surface area contributed by atoms with Gasteiger partial charge in [0.25, 0.3) is 0 Å². The maximum absolute atomic E-state index is 11.1. The summed E-state index contributed by atoms with van der Waals surface area (Å²) in [5.74, 6) is -1.32. The number of aromatic carboxylic acids is 1. The Kier molecular flexibility index (Phi) is 3.53. The molecule has 0 heterocycles. The molecule has 2 aromatic carbocycles. The Morgan fingerprint density at radius 1 is 1.05 bits per heavy atom. The van der Waals surface area contributed by atoms with Gasteiger partial charge < -0.3 is 10.2 Å². The van der Waals surface area contributed by atoms with E-state index in [1.165, 1.54) is 6.07 Å². The summed E-state index contributed by atoms with van der Waals surface area (Å²) in [4.78, 5) is 11.1. The van der Waals surface area contributed by atoms with Crippen molar-refractivity contribution >= 4 is 5.97 Å². The van der Waals surface area contributed by atoms with Crippen molar-refractivity contribution in [1.82, 2.24) is 0 Å². The number of carboxylic acid groups (broad SMARTS) is 1. The number of aromatic hydroxyl groups is 1. The fourth-order valence-electron chi connectivity index (χ4n) is 2.10. The molecule has 0 aliphatic rings. The molecule has 0 saturated carbocycles. The van der Waals surface area contributed by atoms with Gasteiger partial charge in [0.05, 0.1) is 0 Å². The minimum atomic E-state index is -1.13. The van der Waals surface area contributed by atoms with Crippen LogP contribution in [0.2, 0.25) is 0 Å². The Bertz CT molecular complexity index is 652. The van der Waals surface area contributed by atoms with Gasteiger partial charge in [-0.3, -0.25) is 0 Å². The van der Waals surface area contributed by atoms with Crippen LogP contribution in [0.3, 0.4) is 0 Å². The molecule has 3 heteroatoms. The Hall–Kier alpha value is -2.29. The van der Waals surface area contributed by atoms with Crippen LogP contribution in [0.25, 0.3) is 11.1 Å². The van der Waals surface area contributed by atoms with Gasteiger partial charge in [-0.1, -0.05) is 57.2 Å². The van der Waals surface area contributed by atoms with Gasteiger partial charge in [-0.2, -0.15) is 0 Å². The highest BCUT2D eigenvalue weighted by molar-refractivity contribution is 5.94. The summed E-state index contributed by atoms with van der Waals surface area (Å²) >= 11 is 0. The average Bonchev–Trinajstić information content (AvgIpc) is 2.38. The van der Waals surface area contributed by atoms with E-state index in [-0.39, 0.29) is 16.7 Å². The zero-order chi connectivity index (χ0) is 14.9. The van der Waals surface area contributed by atoms with Crippen molar-refractivity contribution in [3.63, 3.8) is 0 Å². The predicted octanol–water partition coefficient (Wildman–Crippen LogP) is 4.05. The number of rotatable bonds is 2. The third-order valence-corrected chi connectivity index (χ3v) is 3.31. The van der Waals surface area contributed by atoms with Crippen molar-refractivity contribution in [2.75, 3.05) is 0 Å². The van der Waals surface area contributed by atoms with Crippen LogP contribution in [0.1, 0.15) is 36.7 Å². The van der Waals surface area contributed by atoms with E-state index in [4.69, 9.17) is 5.11 Å². The molecule has 0 radical (unpaired) electrons. The molecule has 2 rings (SSSR count). The number of hydrogen-bond donors (Lipinski definition) is 2. The van der Waals surface area contributed by atoms with Crippen LogP contribution >= 0.6 is 0 Å². The Labute approximate surface area is 118 Å². The first-order valence-electron chi connectivity index (χ1n) is 6.47. The van der Waals surface area contributed by atoms with Crippen LogP contribution in [0.4, 0.5) is 0 Å². The van der Waals surface area contributed by atoms with E-state index in [1.54, 1.807) is 12.1 Å². The van der Waals surface area contributed by atoms with Crippen molar-refractivity contribution in [1.29, 1.82) is 0 Å². The third-order valence-electron chi connectivity index (χ3n) is 3.31. The van der Waals surface area contributed by atoms with Gasteiger partial charge >= 0.3 is 5.97 Å². The third kappa shape index (κ3) is 2.67. The molecule has 0 amide bonds. The standard InChI is InChI=1S/C17H18O3/c1-17(2,3)12-7-4-6-11(10-12)13-8-5-9-14(15(13)18)16(19)20/h4-10,18H,1-3H3,(H,19,20). The number of para-hydroxylation sites is 1. The maximum Gasteiger partial charge on any atom is 0.339 e. The molecular weight excluding hydrogens is 252 g/mol. The second-order valence-corrected chi connectivity index (χ2v) is 5.84. The summed E-state index contributed by atoms with van der Waals surface area (Å²) in [6.45, 7) is 6.33. The minimum absolute atomic E-state index is 0.00393. The topological polar surface area (TPSA) is 57.5 Å². The van der Waals surface area contributed by atoms with Gasteiger partial charge in [0.1, 0.15) is 11.3 Å². The predicted molar refractivity (Wildman–Crippen MR) is 79.2 cm³/mol. The van der Waals surface area contributed by atoms with Crippen molar-refractivity contribution in [3.8, 4) is 16.9 Å². The van der Waals surface area contributed by atoms with E-state index in [1.807, 2.05) is 24.3 Å². The molecule has 2 aromatic rings. The summed E-state index contributed by atoms with van der Waals surface area (Å²) in [6, 6.07) is 12.6. The van der Waals surface area contributed by atoms with E-state index in [0.29, 0.717) is 5.56 Å². The van der Waals surface area contributed by atoms with Crippen molar-refractivity contribution < 1.29 is 15.0 Å². The molecule has 0 atom stereocenters. The quantitative estimate of drug-likeness (QED) is 0.865. The van der Waals surface area contributed by atoms with E-state index in [2.05, 4.69) is 20.8 Å². The fourth-order valence-corrected chi connectivity index (χ4v) is 2.10. The summed E-state index contributed by atoms with van der Waals surface area (Å²) in [6.07, 6.45) is 0. The molecule has 2 N–H and O–H groups in total. The van der Waals surface area contributed by atoms with Crippen molar-refractivity contribution in [3.05, 3.63) is 53.6 Å². The number of carboxylic acids is 1. The lowest BCUT2D eigenvalue weighted by atomic mass is 9.85. The smallest absolute Gasteiger partial charge is 0.339 e. The molecule has 0 aliphatic heterocycles. The van der Waals surface area contributed by atoms with Gasteiger partial charge in [-0.25, -0.2) is 4.79 Å². The normalized spacial score (nSPS) is 11.3. The van der Waals surface area contributed by atoms with Crippen molar-refractivity contribution in [2.45, 2.75) is 26.2 Å². The van der Waals surface area contributed by atoms with Crippen LogP contribution in [-0.2, 0) is 5.41 Å². The zero-order valence-electron chi connectivity index (χ0n) is 11.8. The largest absolute Gasteiger partial charge is 0.506 e. The average molecular weight is 270 g/mol. The monoisotopic (exact) mass is 270 g/mol. The fraction of sp³-hybridized carbons (Fsp3) is 0.235. The summed E-state index contributed by atoms with van der Waals surface area (Å²) in [5.41, 5.74) is 2.41. The van der Waals surface area contributed by atoms with Crippen LogP contribution in [0.5, 0.6) is 5.75 Å². The summed E-state index contributed by atoms with van der Waals surface area (Å²) in [5, 5.41) is 19.2. The van der Waals surface area contributed by atoms with E-state index in [9.17, 15) is 9.90 Å². The molecule has 0 aliphatic carbocycles. The molecule has 3 nitrogen and oxygen atoms in total. The van der Waals surface area contributed by atoms with Gasteiger partial charge in [0, 0.05) is 5.56 Å². The maximum atomic E-state index is 11.1. The molecular formula is C17H18O3. The minimum Gasteiger partial charge on any atom is -0.506 e. The second kappa shape index (κ2) is 5.00. The van der Waals surface area contributed by atoms with Gasteiger partial charge in [0.2, 0.25) is 0 Å². The molecule has 20 heavy (non-hydrogen) atoms. The second-order valence-electron chi connectivity index (χ2n) is 5.84. The highest BCUT2D eigenvalue weighted by Gasteiger charge is 2.17. The van der Waals surface area contributed by atoms with Crippen LogP contribution in [0, 0.1) is 0 Å². The first kappa shape index (κ1) is 14.1. The van der Waals surface area contributed by atoms with Gasteiger partial charge in [-0.05, 0) is 22.6 Å². The lowest BCUT2D eigenvalue weighted by Crippen LogP contribution is -2.10. The number of phenols is 1. The number of benzene rings is 2. The van der Waals surface area contributed by atoms with Gasteiger partial charge in [0.15, 0.2) is 0 Å². The summed E-state index contributed by atoms with van der Waals surface area (Å²) < 4.78 is 0. The lowest BCUT2D eigenvalue weighted by Gasteiger charge is -2.20. The van der Waals surface area contributed by atoms with E-state index in [0.717, 1.165) is 11.1 Å². The van der Waals surface area contributed by atoms with E-state index < -0.39 is 5.97 Å². The highest BCUT2D eigenvalue weighted by Crippen LogP contribution is 2.34. The Morgan fingerprint density at radius 3 is 2.30 bits per heavy atom. The molecule has 0 spiro atoms. The highest BCUT2D eigenvalue weighted by atomic mass is 16.4. The molecule has 0 saturated heterocycles. The van der Waals surface area contributed by atoms with Crippen LogP contribution in [-0.4, -0.2) is 16.2 Å². The van der Waals surface area contributed by atoms with Crippen LogP contribution in [0.15, 0.2) is 42.5 Å². The number of hydrogen-bond acceptors (Lipinski definition) is 2. The first-order valence-corrected chi connectivity index (χ1v) is 6.47. The molecule has 0 unspecified atom stereocenters. The first-order chi connectivity index (χ1) is 9.30.